The molecule has 0 aliphatic carbocycles. The molecule has 0 aromatic heterocycles. The van der Waals surface area contributed by atoms with Gasteiger partial charge in [0, 0.05) is 6.54 Å². The molecule has 2 rings (SSSR count). The molecule has 0 amide bonds. The summed E-state index contributed by atoms with van der Waals surface area (Å²) in [7, 11) is 0. The lowest BCUT2D eigenvalue weighted by molar-refractivity contribution is 0.0697. The van der Waals surface area contributed by atoms with Crippen LogP contribution in [-0.4, -0.2) is 42.2 Å². The van der Waals surface area contributed by atoms with Gasteiger partial charge in [0.15, 0.2) is 0 Å². The number of likely N-dealkylation sites (tertiary alicyclic amines) is 1. The summed E-state index contributed by atoms with van der Waals surface area (Å²) in [6.07, 6.45) is 3.78. The minimum absolute atomic E-state index is 0.289. The molecular weight excluding hydrogens is 266 g/mol. The van der Waals surface area contributed by atoms with Crippen LogP contribution >= 0.6 is 0 Å². The minimum Gasteiger partial charge on any atom is -0.492 e. The monoisotopic (exact) mass is 291 g/mol. The molecule has 1 aromatic rings. The Kier molecular flexibility index (Phi) is 5.23. The van der Waals surface area contributed by atoms with Crippen molar-refractivity contribution in [1.82, 2.24) is 4.90 Å². The number of benzene rings is 1. The lowest BCUT2D eigenvalue weighted by Gasteiger charge is -2.38. The molecule has 0 unspecified atom stereocenters. The molecule has 0 atom stereocenters. The third-order valence-electron chi connectivity index (χ3n) is 4.69. The summed E-state index contributed by atoms with van der Waals surface area (Å²) in [4.78, 5) is 13.2. The molecule has 1 aromatic carbocycles. The van der Waals surface area contributed by atoms with Gasteiger partial charge >= 0.3 is 5.97 Å². The second kappa shape index (κ2) is 6.94. The number of rotatable bonds is 6. The fourth-order valence-corrected chi connectivity index (χ4v) is 2.66. The zero-order valence-corrected chi connectivity index (χ0v) is 13.0. The molecular formula is C17H25NO3. The molecule has 0 bridgehead atoms. The van der Waals surface area contributed by atoms with Gasteiger partial charge in [-0.1, -0.05) is 20.3 Å². The van der Waals surface area contributed by atoms with E-state index in [1.807, 2.05) is 0 Å². The second-order valence-electron chi connectivity index (χ2n) is 6.18. The van der Waals surface area contributed by atoms with E-state index in [1.165, 1.54) is 19.3 Å². The summed E-state index contributed by atoms with van der Waals surface area (Å²) < 4.78 is 5.69. The van der Waals surface area contributed by atoms with Crippen molar-refractivity contribution >= 4 is 5.97 Å². The first-order valence-corrected chi connectivity index (χ1v) is 7.71. The molecule has 1 aliphatic rings. The van der Waals surface area contributed by atoms with E-state index in [2.05, 4.69) is 18.7 Å². The molecule has 1 heterocycles. The molecule has 1 fully saturated rings. The molecule has 4 nitrogen and oxygen atoms in total. The predicted molar refractivity (Wildman–Crippen MR) is 83.0 cm³/mol. The number of carboxylic acid groups (broad SMARTS) is 1. The van der Waals surface area contributed by atoms with Crippen LogP contribution in [0.4, 0.5) is 0 Å². The van der Waals surface area contributed by atoms with Crippen LogP contribution in [0, 0.1) is 5.41 Å². The molecule has 0 saturated carbocycles. The fraction of sp³-hybridized carbons (Fsp3) is 0.588. The first-order valence-electron chi connectivity index (χ1n) is 7.71. The quantitative estimate of drug-likeness (QED) is 0.874. The first kappa shape index (κ1) is 15.8. The molecule has 0 spiro atoms. The van der Waals surface area contributed by atoms with Crippen molar-refractivity contribution in [2.75, 3.05) is 26.2 Å². The van der Waals surface area contributed by atoms with Gasteiger partial charge in [0.05, 0.1) is 5.56 Å². The van der Waals surface area contributed by atoms with Crippen LogP contribution in [0.5, 0.6) is 5.75 Å². The molecule has 1 saturated heterocycles. The van der Waals surface area contributed by atoms with Crippen LogP contribution in [0.2, 0.25) is 0 Å². The van der Waals surface area contributed by atoms with Crippen molar-refractivity contribution in [2.45, 2.75) is 33.1 Å². The average Bonchev–Trinajstić information content (AvgIpc) is 2.50. The zero-order valence-electron chi connectivity index (χ0n) is 13.0. The number of carbonyl (C=O) groups is 1. The maximum absolute atomic E-state index is 10.8. The smallest absolute Gasteiger partial charge is 0.335 e. The summed E-state index contributed by atoms with van der Waals surface area (Å²) >= 11 is 0. The van der Waals surface area contributed by atoms with Crippen molar-refractivity contribution in [1.29, 1.82) is 0 Å². The first-order chi connectivity index (χ1) is 10.0. The number of carboxylic acids is 1. The van der Waals surface area contributed by atoms with Crippen LogP contribution < -0.4 is 4.74 Å². The van der Waals surface area contributed by atoms with Crippen LogP contribution in [0.3, 0.4) is 0 Å². The van der Waals surface area contributed by atoms with Crippen molar-refractivity contribution in [2.24, 2.45) is 5.41 Å². The largest absolute Gasteiger partial charge is 0.492 e. The van der Waals surface area contributed by atoms with E-state index in [-0.39, 0.29) is 5.56 Å². The fourth-order valence-electron chi connectivity index (χ4n) is 2.66. The molecule has 21 heavy (non-hydrogen) atoms. The lowest BCUT2D eigenvalue weighted by atomic mass is 9.78. The van der Waals surface area contributed by atoms with E-state index in [0.717, 1.165) is 25.4 Å². The maximum Gasteiger partial charge on any atom is 0.335 e. The van der Waals surface area contributed by atoms with E-state index in [0.29, 0.717) is 12.0 Å². The molecule has 116 valence electrons. The van der Waals surface area contributed by atoms with Gasteiger partial charge in [-0.25, -0.2) is 4.79 Å². The second-order valence-corrected chi connectivity index (χ2v) is 6.18. The highest BCUT2D eigenvalue weighted by molar-refractivity contribution is 5.87. The van der Waals surface area contributed by atoms with Gasteiger partial charge in [0.25, 0.3) is 0 Å². The van der Waals surface area contributed by atoms with Gasteiger partial charge in [-0.2, -0.15) is 0 Å². The number of aromatic carboxylic acids is 1. The Bertz CT molecular complexity index is 461. The van der Waals surface area contributed by atoms with Crippen molar-refractivity contribution in [3.63, 3.8) is 0 Å². The van der Waals surface area contributed by atoms with Gasteiger partial charge in [0.1, 0.15) is 12.4 Å². The van der Waals surface area contributed by atoms with Gasteiger partial charge < -0.3 is 9.84 Å². The van der Waals surface area contributed by atoms with E-state index >= 15 is 0 Å². The normalized spacial score (nSPS) is 18.4. The lowest BCUT2D eigenvalue weighted by Crippen LogP contribution is -2.40. The Morgan fingerprint density at radius 2 is 1.90 bits per heavy atom. The molecule has 1 aliphatic heterocycles. The van der Waals surface area contributed by atoms with Gasteiger partial charge in [-0.05, 0) is 55.6 Å². The molecule has 4 heteroatoms. The van der Waals surface area contributed by atoms with E-state index in [9.17, 15) is 4.79 Å². The summed E-state index contributed by atoms with van der Waals surface area (Å²) in [6, 6.07) is 6.58. The highest BCUT2D eigenvalue weighted by Crippen LogP contribution is 2.33. The van der Waals surface area contributed by atoms with Gasteiger partial charge in [-0.3, -0.25) is 4.90 Å². The summed E-state index contributed by atoms with van der Waals surface area (Å²) in [5.41, 5.74) is 0.807. The number of hydrogen-bond donors (Lipinski definition) is 1. The van der Waals surface area contributed by atoms with Crippen molar-refractivity contribution in [3.8, 4) is 5.75 Å². The van der Waals surface area contributed by atoms with Crippen LogP contribution in [0.25, 0.3) is 0 Å². The van der Waals surface area contributed by atoms with E-state index < -0.39 is 5.97 Å². The van der Waals surface area contributed by atoms with E-state index in [4.69, 9.17) is 9.84 Å². The summed E-state index contributed by atoms with van der Waals surface area (Å²) in [6.45, 7) is 8.53. The average molecular weight is 291 g/mol. The Hall–Kier alpha value is -1.55. The standard InChI is InChI=1S/C17H25NO3/c1-3-17(2)8-10-18(11-9-17)12-13-21-15-6-4-14(5-7-15)16(19)20/h4-7H,3,8-13H2,1-2H3,(H,19,20). The molecule has 0 radical (unpaired) electrons. The number of nitrogens with zero attached hydrogens (tertiary/aromatic N) is 1. The molecule has 1 N–H and O–H groups in total. The highest BCUT2D eigenvalue weighted by atomic mass is 16.5. The Morgan fingerprint density at radius 1 is 1.29 bits per heavy atom. The zero-order chi connectivity index (χ0) is 15.3. The summed E-state index contributed by atoms with van der Waals surface area (Å²) in [5, 5.41) is 8.84. The SMILES string of the molecule is CCC1(C)CCN(CCOc2ccc(C(=O)O)cc2)CC1. The Labute approximate surface area is 126 Å². The van der Waals surface area contributed by atoms with Gasteiger partial charge in [-0.15, -0.1) is 0 Å². The number of piperidine rings is 1. The predicted octanol–water partition coefficient (Wildman–Crippen LogP) is 3.28. The Morgan fingerprint density at radius 3 is 2.43 bits per heavy atom. The maximum atomic E-state index is 10.8. The van der Waals surface area contributed by atoms with Crippen LogP contribution in [-0.2, 0) is 0 Å². The van der Waals surface area contributed by atoms with E-state index in [1.54, 1.807) is 24.3 Å². The van der Waals surface area contributed by atoms with Crippen molar-refractivity contribution in [3.05, 3.63) is 29.8 Å². The van der Waals surface area contributed by atoms with Crippen LogP contribution in [0.1, 0.15) is 43.5 Å². The van der Waals surface area contributed by atoms with Crippen molar-refractivity contribution < 1.29 is 14.6 Å². The minimum atomic E-state index is -0.908. The Balaban J connectivity index is 1.71. The topological polar surface area (TPSA) is 49.8 Å². The van der Waals surface area contributed by atoms with Gasteiger partial charge in [0.2, 0.25) is 0 Å². The third-order valence-corrected chi connectivity index (χ3v) is 4.69. The number of ether oxygens (including phenoxy) is 1. The summed E-state index contributed by atoms with van der Waals surface area (Å²) in [5.74, 6) is -0.177. The highest BCUT2D eigenvalue weighted by Gasteiger charge is 2.27. The number of hydrogen-bond acceptors (Lipinski definition) is 3. The third kappa shape index (κ3) is 4.46. The van der Waals surface area contributed by atoms with Crippen LogP contribution in [0.15, 0.2) is 24.3 Å².